The maximum atomic E-state index is 10.9. The molecule has 5 N–H and O–H groups in total. The van der Waals surface area contributed by atoms with Gasteiger partial charge in [-0.15, -0.1) is 0 Å². The molecular weight excluding hydrogens is 209 g/mol. The van der Waals surface area contributed by atoms with E-state index in [0.717, 1.165) is 6.08 Å². The maximum Gasteiger partial charge on any atom is 0.360 e. The summed E-state index contributed by atoms with van der Waals surface area (Å²) in [6.07, 6.45) is 1.38. The molecule has 0 fully saturated rings. The van der Waals surface area contributed by atoms with Crippen LogP contribution >= 0.6 is 7.60 Å². The quantitative estimate of drug-likeness (QED) is 0.400. The van der Waals surface area contributed by atoms with E-state index >= 15 is 0 Å². The van der Waals surface area contributed by atoms with E-state index in [-0.39, 0.29) is 0 Å². The van der Waals surface area contributed by atoms with Crippen LogP contribution in [0.4, 0.5) is 0 Å². The molecule has 0 heterocycles. The number of carboxylic acids is 1. The summed E-state index contributed by atoms with van der Waals surface area (Å²) in [4.78, 5) is 28.3. The third kappa shape index (κ3) is 2.65. The second kappa shape index (κ2) is 4.23. The number of carboxylic acid groups (broad SMARTS) is 1. The van der Waals surface area contributed by atoms with Crippen molar-refractivity contribution in [1.82, 2.24) is 0 Å². The molecule has 6 nitrogen and oxygen atoms in total. The Morgan fingerprint density at radius 2 is 2.00 bits per heavy atom. The molecule has 0 rings (SSSR count). The van der Waals surface area contributed by atoms with Crippen molar-refractivity contribution in [3.05, 3.63) is 11.6 Å². The first-order chi connectivity index (χ1) is 6.15. The molecule has 14 heavy (non-hydrogen) atoms. The molecule has 0 aliphatic heterocycles. The van der Waals surface area contributed by atoms with Crippen molar-refractivity contribution in [1.29, 1.82) is 0 Å². The van der Waals surface area contributed by atoms with E-state index in [1.165, 1.54) is 0 Å². The molecule has 0 bridgehead atoms. The Kier molecular flexibility index (Phi) is 4.02. The molecule has 0 amide bonds. The van der Waals surface area contributed by atoms with Crippen LogP contribution in [0.2, 0.25) is 0 Å². The summed E-state index contributed by atoms with van der Waals surface area (Å²) < 4.78 is 10.9. The molecule has 0 aliphatic carbocycles. The molecule has 7 heteroatoms. The van der Waals surface area contributed by atoms with Gasteiger partial charge in [0, 0.05) is 0 Å². The normalized spacial score (nSPS) is 17.6. The van der Waals surface area contributed by atoms with Crippen molar-refractivity contribution in [2.45, 2.75) is 25.5 Å². The predicted octanol–water partition coefficient (Wildman–Crippen LogP) is 0.260. The summed E-state index contributed by atoms with van der Waals surface area (Å²) in [5, 5.41) is 6.03. The molecule has 0 radical (unpaired) electrons. The molecule has 0 saturated carbocycles. The first kappa shape index (κ1) is 13.3. The molecule has 0 saturated heterocycles. The Morgan fingerprint density at radius 3 is 2.21 bits per heavy atom. The van der Waals surface area contributed by atoms with E-state index in [4.69, 9.17) is 20.6 Å². The van der Waals surface area contributed by atoms with E-state index in [0.29, 0.717) is 12.0 Å². The monoisotopic (exact) mass is 223 g/mol. The zero-order chi connectivity index (χ0) is 11.6. The van der Waals surface area contributed by atoms with Gasteiger partial charge in [0.2, 0.25) is 5.28 Å². The Hall–Kier alpha value is -0.680. The predicted molar refractivity (Wildman–Crippen MR) is 50.6 cm³/mol. The lowest BCUT2D eigenvalue weighted by Crippen LogP contribution is -2.45. The number of rotatable bonds is 4. The summed E-state index contributed by atoms with van der Waals surface area (Å²) in [6.45, 7) is 3.29. The number of allylic oxidation sites excluding steroid dienone is 1. The Morgan fingerprint density at radius 1 is 1.57 bits per heavy atom. The molecule has 82 valence electrons. The molecule has 1 unspecified atom stereocenters. The highest BCUT2D eigenvalue weighted by Gasteiger charge is 2.48. The third-order valence-electron chi connectivity index (χ3n) is 1.85. The first-order valence-corrected chi connectivity index (χ1v) is 5.52. The fourth-order valence-corrected chi connectivity index (χ4v) is 1.39. The van der Waals surface area contributed by atoms with Crippen molar-refractivity contribution >= 4 is 13.6 Å². The van der Waals surface area contributed by atoms with Crippen molar-refractivity contribution in [3.8, 4) is 0 Å². The molecule has 0 aliphatic rings. The Labute approximate surface area is 81.6 Å². The van der Waals surface area contributed by atoms with Gasteiger partial charge in [-0.25, -0.2) is 4.79 Å². The molecule has 1 atom stereocenters. The van der Waals surface area contributed by atoms with E-state index in [2.05, 4.69) is 0 Å². The van der Waals surface area contributed by atoms with Crippen molar-refractivity contribution < 1.29 is 24.3 Å². The van der Waals surface area contributed by atoms with Crippen LogP contribution in [-0.2, 0) is 9.36 Å². The van der Waals surface area contributed by atoms with Gasteiger partial charge in [0.25, 0.3) is 0 Å². The summed E-state index contributed by atoms with van der Waals surface area (Å²) >= 11 is 0. The van der Waals surface area contributed by atoms with Gasteiger partial charge in [0.1, 0.15) is 0 Å². The van der Waals surface area contributed by atoms with Gasteiger partial charge >= 0.3 is 13.6 Å². The van der Waals surface area contributed by atoms with Crippen LogP contribution in [-0.4, -0.2) is 26.1 Å². The second-order valence-corrected chi connectivity index (χ2v) is 4.85. The lowest BCUT2D eigenvalue weighted by Gasteiger charge is -2.22. The zero-order valence-corrected chi connectivity index (χ0v) is 8.86. The smallest absolute Gasteiger partial charge is 0.360 e. The zero-order valence-electron chi connectivity index (χ0n) is 7.97. The van der Waals surface area contributed by atoms with Gasteiger partial charge in [-0.05, 0) is 19.4 Å². The molecule has 0 aromatic rings. The molecule has 0 spiro atoms. The van der Waals surface area contributed by atoms with Crippen LogP contribution in [0.5, 0.6) is 0 Å². The minimum absolute atomic E-state index is 0.478. The fraction of sp³-hybridized carbons (Fsp3) is 0.571. The number of aliphatic carboxylic acids is 1. The highest BCUT2D eigenvalue weighted by molar-refractivity contribution is 7.55. The minimum atomic E-state index is -4.91. The Balaban J connectivity index is 5.36. The van der Waals surface area contributed by atoms with Crippen LogP contribution in [0.3, 0.4) is 0 Å². The van der Waals surface area contributed by atoms with Gasteiger partial charge in [0.05, 0.1) is 0 Å². The van der Waals surface area contributed by atoms with Gasteiger partial charge in [-0.2, -0.15) is 0 Å². The summed E-state index contributed by atoms with van der Waals surface area (Å²) in [5.41, 5.74) is 5.67. The number of hydrogen-bond donors (Lipinski definition) is 4. The van der Waals surface area contributed by atoms with Gasteiger partial charge < -0.3 is 20.6 Å². The second-order valence-electron chi connectivity index (χ2n) is 3.02. The van der Waals surface area contributed by atoms with Gasteiger partial charge in [-0.3, -0.25) is 4.57 Å². The average molecular weight is 223 g/mol. The maximum absolute atomic E-state index is 10.9. The SMILES string of the molecule is CCC(C)=CC(N)(C(=O)O)P(=O)(O)O. The number of nitrogens with two attached hydrogens (primary N) is 1. The van der Waals surface area contributed by atoms with Crippen molar-refractivity contribution in [2.24, 2.45) is 5.73 Å². The summed E-state index contributed by atoms with van der Waals surface area (Å²) in [5.74, 6) is -1.74. The molecule has 0 aromatic carbocycles. The number of carbonyl (C=O) groups is 1. The van der Waals surface area contributed by atoms with E-state index in [1.54, 1.807) is 13.8 Å². The average Bonchev–Trinajstić information content (AvgIpc) is 2.01. The summed E-state index contributed by atoms with van der Waals surface area (Å²) in [6, 6.07) is 0. The fourth-order valence-electron chi connectivity index (χ4n) is 0.748. The lowest BCUT2D eigenvalue weighted by atomic mass is 10.1. The van der Waals surface area contributed by atoms with Crippen LogP contribution < -0.4 is 5.73 Å². The van der Waals surface area contributed by atoms with Crippen LogP contribution in [0.15, 0.2) is 11.6 Å². The van der Waals surface area contributed by atoms with Crippen LogP contribution in [0.1, 0.15) is 20.3 Å². The third-order valence-corrected chi connectivity index (χ3v) is 3.13. The number of hydrogen-bond acceptors (Lipinski definition) is 3. The lowest BCUT2D eigenvalue weighted by molar-refractivity contribution is -0.139. The van der Waals surface area contributed by atoms with Crippen LogP contribution in [0, 0.1) is 0 Å². The summed E-state index contributed by atoms with van der Waals surface area (Å²) in [7, 11) is -4.91. The van der Waals surface area contributed by atoms with E-state index in [9.17, 15) is 9.36 Å². The molecule has 0 aromatic heterocycles. The highest BCUT2D eigenvalue weighted by atomic mass is 31.2. The largest absolute Gasteiger partial charge is 0.479 e. The van der Waals surface area contributed by atoms with Crippen molar-refractivity contribution in [2.75, 3.05) is 0 Å². The minimum Gasteiger partial charge on any atom is -0.479 e. The first-order valence-electron chi connectivity index (χ1n) is 3.91. The standard InChI is InChI=1S/C7H14NO5P/c1-3-5(2)4-7(8,6(9)10)14(11,12)13/h4H,3,8H2,1-2H3,(H,9,10)(H2,11,12,13). The van der Waals surface area contributed by atoms with Gasteiger partial charge in [-0.1, -0.05) is 12.5 Å². The Bertz CT molecular complexity index is 307. The van der Waals surface area contributed by atoms with Crippen LogP contribution in [0.25, 0.3) is 0 Å². The van der Waals surface area contributed by atoms with E-state index < -0.39 is 18.8 Å². The topological polar surface area (TPSA) is 121 Å². The van der Waals surface area contributed by atoms with Gasteiger partial charge in [0.15, 0.2) is 0 Å². The van der Waals surface area contributed by atoms with E-state index in [1.807, 2.05) is 0 Å². The highest BCUT2D eigenvalue weighted by Crippen LogP contribution is 2.48. The molecular formula is C7H14NO5P. The van der Waals surface area contributed by atoms with Crippen molar-refractivity contribution in [3.63, 3.8) is 0 Å².